The fraction of sp³-hybridized carbons (Fsp3) is 0.571. The molecule has 1 atom stereocenters. The molecule has 1 N–H and O–H groups in total. The minimum Gasteiger partial charge on any atom is -0.310 e. The molecular weight excluding hydrogens is 250 g/mol. The van der Waals surface area contributed by atoms with Crippen molar-refractivity contribution in [2.45, 2.75) is 32.2 Å². The Kier molecular flexibility index (Phi) is 7.74. The van der Waals surface area contributed by atoms with Crippen molar-refractivity contribution in [3.05, 3.63) is 34.9 Å². The van der Waals surface area contributed by atoms with Crippen molar-refractivity contribution < 1.29 is 0 Å². The van der Waals surface area contributed by atoms with Gasteiger partial charge < -0.3 is 5.32 Å². The van der Waals surface area contributed by atoms with E-state index in [4.69, 9.17) is 11.6 Å². The summed E-state index contributed by atoms with van der Waals surface area (Å²) < 4.78 is 0. The van der Waals surface area contributed by atoms with Crippen LogP contribution >= 0.6 is 23.4 Å². The summed E-state index contributed by atoms with van der Waals surface area (Å²) in [6.45, 7) is 3.29. The topological polar surface area (TPSA) is 12.0 Å². The van der Waals surface area contributed by atoms with Crippen molar-refractivity contribution in [3.8, 4) is 0 Å². The lowest BCUT2D eigenvalue weighted by molar-refractivity contribution is 0.545. The Hall–Kier alpha value is -0.180. The molecule has 17 heavy (non-hydrogen) atoms. The second kappa shape index (κ2) is 8.84. The average Bonchev–Trinajstić information content (AvgIpc) is 2.34. The molecule has 1 rings (SSSR count). The standard InChI is InChI=1S/C14H22ClNS/c1-12(13-6-8-14(15)9-7-13)16-10-4-3-5-11-17-2/h6-9,12,16H,3-5,10-11H2,1-2H3. The van der Waals surface area contributed by atoms with Crippen LogP contribution in [0.1, 0.15) is 37.8 Å². The molecule has 0 fully saturated rings. The lowest BCUT2D eigenvalue weighted by atomic mass is 10.1. The molecule has 96 valence electrons. The molecular formula is C14H22ClNS. The minimum atomic E-state index is 0.410. The first-order valence-corrected chi connectivity index (χ1v) is 7.99. The highest BCUT2D eigenvalue weighted by atomic mass is 35.5. The molecule has 3 heteroatoms. The number of unbranched alkanes of at least 4 members (excludes halogenated alkanes) is 2. The fourth-order valence-electron chi connectivity index (χ4n) is 1.74. The maximum Gasteiger partial charge on any atom is 0.0406 e. The van der Waals surface area contributed by atoms with Crippen LogP contribution in [0, 0.1) is 0 Å². The molecule has 0 saturated carbocycles. The fourth-order valence-corrected chi connectivity index (χ4v) is 2.35. The molecule has 0 aliphatic carbocycles. The van der Waals surface area contributed by atoms with Gasteiger partial charge in [-0.3, -0.25) is 0 Å². The second-order valence-corrected chi connectivity index (χ2v) is 5.70. The SMILES string of the molecule is CSCCCCCNC(C)c1ccc(Cl)cc1. The smallest absolute Gasteiger partial charge is 0.0406 e. The maximum absolute atomic E-state index is 5.87. The summed E-state index contributed by atoms with van der Waals surface area (Å²) in [5.41, 5.74) is 1.30. The summed E-state index contributed by atoms with van der Waals surface area (Å²) in [4.78, 5) is 0. The molecule has 0 radical (unpaired) electrons. The van der Waals surface area contributed by atoms with Gasteiger partial charge in [0.1, 0.15) is 0 Å². The summed E-state index contributed by atoms with van der Waals surface area (Å²) >= 11 is 7.80. The molecule has 0 spiro atoms. The molecule has 1 aromatic rings. The van der Waals surface area contributed by atoms with Gasteiger partial charge >= 0.3 is 0 Å². The first-order valence-electron chi connectivity index (χ1n) is 6.22. The highest BCUT2D eigenvalue weighted by Crippen LogP contribution is 2.16. The van der Waals surface area contributed by atoms with Crippen molar-refractivity contribution in [1.82, 2.24) is 5.32 Å². The second-order valence-electron chi connectivity index (χ2n) is 4.28. The zero-order valence-corrected chi connectivity index (χ0v) is 12.3. The van der Waals surface area contributed by atoms with Crippen LogP contribution in [0.15, 0.2) is 24.3 Å². The molecule has 0 aliphatic heterocycles. The zero-order valence-electron chi connectivity index (χ0n) is 10.7. The number of rotatable bonds is 8. The van der Waals surface area contributed by atoms with Crippen LogP contribution in [-0.4, -0.2) is 18.6 Å². The van der Waals surface area contributed by atoms with Gasteiger partial charge in [0.15, 0.2) is 0 Å². The van der Waals surface area contributed by atoms with E-state index < -0.39 is 0 Å². The molecule has 0 bridgehead atoms. The Morgan fingerprint density at radius 2 is 1.88 bits per heavy atom. The Labute approximate surface area is 114 Å². The number of nitrogens with one attached hydrogen (secondary N) is 1. The van der Waals surface area contributed by atoms with Crippen LogP contribution in [0.3, 0.4) is 0 Å². The minimum absolute atomic E-state index is 0.410. The maximum atomic E-state index is 5.87. The third-order valence-corrected chi connectivity index (χ3v) is 3.79. The third-order valence-electron chi connectivity index (χ3n) is 2.85. The van der Waals surface area contributed by atoms with Crippen LogP contribution in [0.5, 0.6) is 0 Å². The molecule has 0 heterocycles. The highest BCUT2D eigenvalue weighted by molar-refractivity contribution is 7.98. The zero-order chi connectivity index (χ0) is 12.5. The van der Waals surface area contributed by atoms with E-state index in [9.17, 15) is 0 Å². The summed E-state index contributed by atoms with van der Waals surface area (Å²) in [5.74, 6) is 1.28. The van der Waals surface area contributed by atoms with E-state index in [0.717, 1.165) is 11.6 Å². The van der Waals surface area contributed by atoms with E-state index in [0.29, 0.717) is 6.04 Å². The lowest BCUT2D eigenvalue weighted by Gasteiger charge is -2.14. The molecule has 1 unspecified atom stereocenters. The first kappa shape index (κ1) is 14.9. The number of halogens is 1. The summed E-state index contributed by atoms with van der Waals surface area (Å²) in [5, 5.41) is 4.35. The Morgan fingerprint density at radius 3 is 2.53 bits per heavy atom. The van der Waals surface area contributed by atoms with Gasteiger partial charge in [0.05, 0.1) is 0 Å². The Morgan fingerprint density at radius 1 is 1.18 bits per heavy atom. The summed E-state index contributed by atoms with van der Waals surface area (Å²) in [6, 6.07) is 8.50. The molecule has 0 aromatic heterocycles. The van der Waals surface area contributed by atoms with Crippen molar-refractivity contribution in [1.29, 1.82) is 0 Å². The van der Waals surface area contributed by atoms with Crippen molar-refractivity contribution in [3.63, 3.8) is 0 Å². The van der Waals surface area contributed by atoms with E-state index in [1.807, 2.05) is 23.9 Å². The molecule has 0 aliphatic rings. The number of benzene rings is 1. The van der Waals surface area contributed by atoms with E-state index in [1.54, 1.807) is 0 Å². The van der Waals surface area contributed by atoms with Gasteiger partial charge in [-0.05, 0) is 56.0 Å². The van der Waals surface area contributed by atoms with Crippen molar-refractivity contribution in [2.24, 2.45) is 0 Å². The largest absolute Gasteiger partial charge is 0.310 e. The van der Waals surface area contributed by atoms with E-state index in [1.165, 1.54) is 30.6 Å². The van der Waals surface area contributed by atoms with Crippen LogP contribution < -0.4 is 5.32 Å². The quantitative estimate of drug-likeness (QED) is 0.698. The van der Waals surface area contributed by atoms with Gasteiger partial charge in [-0.25, -0.2) is 0 Å². The predicted octanol–water partition coefficient (Wildman–Crippen LogP) is 4.52. The van der Waals surface area contributed by atoms with Crippen LogP contribution in [0.4, 0.5) is 0 Å². The number of hydrogen-bond acceptors (Lipinski definition) is 2. The highest BCUT2D eigenvalue weighted by Gasteiger charge is 2.03. The van der Waals surface area contributed by atoms with E-state index in [2.05, 4.69) is 30.6 Å². The van der Waals surface area contributed by atoms with Gasteiger partial charge in [-0.1, -0.05) is 30.2 Å². The molecule has 0 amide bonds. The summed E-state index contributed by atoms with van der Waals surface area (Å²) in [7, 11) is 0. The monoisotopic (exact) mass is 271 g/mol. The van der Waals surface area contributed by atoms with E-state index in [-0.39, 0.29) is 0 Å². The van der Waals surface area contributed by atoms with Gasteiger partial charge in [-0.15, -0.1) is 0 Å². The third kappa shape index (κ3) is 6.35. The lowest BCUT2D eigenvalue weighted by Crippen LogP contribution is -2.19. The molecule has 1 nitrogen and oxygen atoms in total. The summed E-state index contributed by atoms with van der Waals surface area (Å²) in [6.07, 6.45) is 6.08. The number of thioether (sulfide) groups is 1. The van der Waals surface area contributed by atoms with Crippen molar-refractivity contribution in [2.75, 3.05) is 18.6 Å². The Bertz CT molecular complexity index is 300. The number of hydrogen-bond donors (Lipinski definition) is 1. The van der Waals surface area contributed by atoms with Gasteiger partial charge in [-0.2, -0.15) is 11.8 Å². The van der Waals surface area contributed by atoms with Crippen LogP contribution in [0.25, 0.3) is 0 Å². The van der Waals surface area contributed by atoms with Gasteiger partial charge in [0.25, 0.3) is 0 Å². The van der Waals surface area contributed by atoms with Crippen LogP contribution in [0.2, 0.25) is 5.02 Å². The molecule has 1 aromatic carbocycles. The Balaban J connectivity index is 2.16. The predicted molar refractivity (Wildman–Crippen MR) is 80.1 cm³/mol. The van der Waals surface area contributed by atoms with Crippen molar-refractivity contribution >= 4 is 23.4 Å². The van der Waals surface area contributed by atoms with Gasteiger partial charge in [0, 0.05) is 11.1 Å². The normalized spacial score (nSPS) is 12.6. The van der Waals surface area contributed by atoms with Crippen LogP contribution in [-0.2, 0) is 0 Å². The van der Waals surface area contributed by atoms with Gasteiger partial charge in [0.2, 0.25) is 0 Å². The first-order chi connectivity index (χ1) is 8.24. The average molecular weight is 272 g/mol. The molecule has 0 saturated heterocycles. The van der Waals surface area contributed by atoms with E-state index >= 15 is 0 Å².